The molecule has 0 spiro atoms. The Morgan fingerprint density at radius 3 is 2.50 bits per heavy atom. The first-order valence-electron chi connectivity index (χ1n) is 3.57. The van der Waals surface area contributed by atoms with Crippen LogP contribution in [0.1, 0.15) is 13.3 Å². The van der Waals surface area contributed by atoms with Gasteiger partial charge in [-0.3, -0.25) is 9.35 Å². The van der Waals surface area contributed by atoms with Gasteiger partial charge in [0.1, 0.15) is 0 Å². The van der Waals surface area contributed by atoms with Gasteiger partial charge < -0.3 is 5.32 Å². The fraction of sp³-hybridized carbons (Fsp3) is 0.833. The average Bonchev–Trinajstić information content (AvgIpc) is 1.96. The van der Waals surface area contributed by atoms with E-state index < -0.39 is 15.5 Å². The summed E-state index contributed by atoms with van der Waals surface area (Å²) >= 11 is 0. The fourth-order valence-electron chi connectivity index (χ4n) is 1.02. The molecule has 1 saturated heterocycles. The Balaban J connectivity index is 2.48. The molecule has 1 aliphatic rings. The summed E-state index contributed by atoms with van der Waals surface area (Å²) in [6, 6.07) is 0. The maximum atomic E-state index is 10.9. The lowest BCUT2D eigenvalue weighted by atomic mass is 9.80. The fourth-order valence-corrected chi connectivity index (χ4v) is 1.73. The van der Waals surface area contributed by atoms with Gasteiger partial charge in [0, 0.05) is 6.54 Å². The lowest BCUT2D eigenvalue weighted by Gasteiger charge is -2.37. The molecule has 1 aliphatic heterocycles. The predicted molar refractivity (Wildman–Crippen MR) is 42.1 cm³/mol. The van der Waals surface area contributed by atoms with Gasteiger partial charge in [0.25, 0.3) is 10.1 Å². The molecule has 70 valence electrons. The van der Waals surface area contributed by atoms with E-state index in [2.05, 4.69) is 5.32 Å². The molecule has 0 aromatic heterocycles. The molecule has 1 fully saturated rings. The molecule has 2 N–H and O–H groups in total. The van der Waals surface area contributed by atoms with Crippen LogP contribution in [0.5, 0.6) is 0 Å². The monoisotopic (exact) mass is 193 g/mol. The smallest absolute Gasteiger partial charge is 0.264 e. The van der Waals surface area contributed by atoms with Crippen molar-refractivity contribution < 1.29 is 17.8 Å². The molecule has 1 atom stereocenters. The van der Waals surface area contributed by atoms with Crippen LogP contribution in [-0.2, 0) is 14.9 Å². The molecule has 0 aliphatic carbocycles. The van der Waals surface area contributed by atoms with Crippen LogP contribution in [0.3, 0.4) is 0 Å². The molecule has 1 amide bonds. The first-order valence-corrected chi connectivity index (χ1v) is 5.18. The van der Waals surface area contributed by atoms with Gasteiger partial charge in [-0.25, -0.2) is 0 Å². The van der Waals surface area contributed by atoms with Gasteiger partial charge in [0.05, 0.1) is 11.2 Å². The number of hydrogen-bond acceptors (Lipinski definition) is 3. The Hall–Kier alpha value is -0.620. The van der Waals surface area contributed by atoms with E-state index in [1.165, 1.54) is 0 Å². The van der Waals surface area contributed by atoms with Crippen LogP contribution in [0.25, 0.3) is 0 Å². The van der Waals surface area contributed by atoms with Gasteiger partial charge in [-0.1, -0.05) is 0 Å². The Morgan fingerprint density at radius 1 is 1.67 bits per heavy atom. The van der Waals surface area contributed by atoms with Crippen molar-refractivity contribution >= 4 is 16.0 Å². The van der Waals surface area contributed by atoms with Gasteiger partial charge in [0.2, 0.25) is 5.91 Å². The number of rotatable bonds is 3. The van der Waals surface area contributed by atoms with Crippen LogP contribution in [0, 0.1) is 5.41 Å². The van der Waals surface area contributed by atoms with E-state index >= 15 is 0 Å². The normalized spacial score (nSPS) is 29.3. The van der Waals surface area contributed by atoms with Crippen LogP contribution in [0.15, 0.2) is 0 Å². The molecular weight excluding hydrogens is 182 g/mol. The Kier molecular flexibility index (Phi) is 2.13. The van der Waals surface area contributed by atoms with Crippen molar-refractivity contribution in [2.75, 3.05) is 12.3 Å². The second kappa shape index (κ2) is 2.70. The van der Waals surface area contributed by atoms with Crippen molar-refractivity contribution in [2.24, 2.45) is 5.41 Å². The summed E-state index contributed by atoms with van der Waals surface area (Å²) in [5.74, 6) is -0.497. The first kappa shape index (κ1) is 9.47. The van der Waals surface area contributed by atoms with Gasteiger partial charge in [-0.15, -0.1) is 0 Å². The second-order valence-electron chi connectivity index (χ2n) is 3.28. The van der Waals surface area contributed by atoms with Gasteiger partial charge in [-0.2, -0.15) is 8.42 Å². The van der Waals surface area contributed by atoms with E-state index in [0.29, 0.717) is 6.54 Å². The zero-order valence-electron chi connectivity index (χ0n) is 6.70. The summed E-state index contributed by atoms with van der Waals surface area (Å²) in [6.45, 7) is 2.17. The second-order valence-corrected chi connectivity index (χ2v) is 4.85. The molecule has 1 heterocycles. The molecule has 0 radical (unpaired) electrons. The quantitative estimate of drug-likeness (QED) is 0.463. The molecule has 6 heteroatoms. The minimum absolute atomic E-state index is 0.147. The van der Waals surface area contributed by atoms with Crippen molar-refractivity contribution in [1.82, 2.24) is 5.32 Å². The van der Waals surface area contributed by atoms with Crippen molar-refractivity contribution in [1.29, 1.82) is 0 Å². The molecule has 0 aromatic rings. The SMILES string of the molecule is CC1(CCS(=O)(=O)O)CNC1=O. The number of carbonyl (C=O) groups is 1. The van der Waals surface area contributed by atoms with Crippen molar-refractivity contribution in [3.8, 4) is 0 Å². The Bertz CT molecular complexity index is 297. The molecule has 1 unspecified atom stereocenters. The standard InChI is InChI=1S/C6H11NO4S/c1-6(4-7-5(6)8)2-3-12(9,10)11/h2-4H2,1H3,(H,7,8)(H,9,10,11). The highest BCUT2D eigenvalue weighted by atomic mass is 32.2. The van der Waals surface area contributed by atoms with Crippen LogP contribution in [-0.4, -0.2) is 31.2 Å². The average molecular weight is 193 g/mol. The van der Waals surface area contributed by atoms with E-state index in [9.17, 15) is 13.2 Å². The molecule has 0 saturated carbocycles. The number of hydrogen-bond donors (Lipinski definition) is 2. The zero-order chi connectivity index (χ0) is 9.41. The first-order chi connectivity index (χ1) is 5.33. The summed E-state index contributed by atoms with van der Waals surface area (Å²) in [5, 5.41) is 2.52. The lowest BCUT2D eigenvalue weighted by Crippen LogP contribution is -2.57. The van der Waals surface area contributed by atoms with Gasteiger partial charge >= 0.3 is 0 Å². The van der Waals surface area contributed by atoms with Crippen molar-refractivity contribution in [2.45, 2.75) is 13.3 Å². The maximum absolute atomic E-state index is 10.9. The summed E-state index contributed by atoms with van der Waals surface area (Å²) in [5.41, 5.74) is -0.601. The molecule has 0 bridgehead atoms. The van der Waals surface area contributed by atoms with Gasteiger partial charge in [-0.05, 0) is 13.3 Å². The number of β-lactam (4-membered cyclic amide) rings is 1. The van der Waals surface area contributed by atoms with Crippen LogP contribution < -0.4 is 5.32 Å². The number of amides is 1. The van der Waals surface area contributed by atoms with Crippen LogP contribution in [0.2, 0.25) is 0 Å². The van der Waals surface area contributed by atoms with Crippen molar-refractivity contribution in [3.05, 3.63) is 0 Å². The van der Waals surface area contributed by atoms with E-state index in [0.717, 1.165) is 0 Å². The van der Waals surface area contributed by atoms with Gasteiger partial charge in [0.15, 0.2) is 0 Å². The van der Waals surface area contributed by atoms with E-state index in [4.69, 9.17) is 4.55 Å². The minimum Gasteiger partial charge on any atom is -0.354 e. The highest BCUT2D eigenvalue weighted by Crippen LogP contribution is 2.27. The third kappa shape index (κ3) is 1.95. The van der Waals surface area contributed by atoms with Crippen molar-refractivity contribution in [3.63, 3.8) is 0 Å². The number of carbonyl (C=O) groups excluding carboxylic acids is 1. The summed E-state index contributed by atoms with van der Waals surface area (Å²) in [4.78, 5) is 10.9. The Labute approximate surface area is 70.9 Å². The Morgan fingerprint density at radius 2 is 2.25 bits per heavy atom. The molecule has 5 nitrogen and oxygen atoms in total. The topological polar surface area (TPSA) is 83.5 Å². The molecule has 1 rings (SSSR count). The highest BCUT2D eigenvalue weighted by Gasteiger charge is 2.41. The third-order valence-corrected chi connectivity index (χ3v) is 2.82. The molecular formula is C6H11NO4S. The van der Waals surface area contributed by atoms with Crippen LogP contribution >= 0.6 is 0 Å². The van der Waals surface area contributed by atoms with Crippen LogP contribution in [0.4, 0.5) is 0 Å². The van der Waals surface area contributed by atoms with E-state index in [1.54, 1.807) is 6.92 Å². The van der Waals surface area contributed by atoms with E-state index in [1.807, 2.05) is 0 Å². The third-order valence-electron chi connectivity index (χ3n) is 2.10. The molecule has 0 aromatic carbocycles. The summed E-state index contributed by atoms with van der Waals surface area (Å²) in [6.07, 6.45) is 0.178. The predicted octanol–water partition coefficient (Wildman–Crippen LogP) is -0.600. The lowest BCUT2D eigenvalue weighted by molar-refractivity contribution is -0.138. The number of nitrogens with one attached hydrogen (secondary N) is 1. The van der Waals surface area contributed by atoms with E-state index in [-0.39, 0.29) is 18.1 Å². The largest absolute Gasteiger partial charge is 0.354 e. The highest BCUT2D eigenvalue weighted by molar-refractivity contribution is 7.85. The molecule has 12 heavy (non-hydrogen) atoms. The summed E-state index contributed by atoms with van der Waals surface area (Å²) < 4.78 is 29.1. The zero-order valence-corrected chi connectivity index (χ0v) is 7.52. The maximum Gasteiger partial charge on any atom is 0.264 e. The minimum atomic E-state index is -3.94. The summed E-state index contributed by atoms with van der Waals surface area (Å²) in [7, 11) is -3.94.